The first kappa shape index (κ1) is 8.81. The van der Waals surface area contributed by atoms with Crippen LogP contribution in [0.5, 0.6) is 0 Å². The SMILES string of the molecule is O=C([O-])C=Cc1ccccc1Cl. The molecule has 1 rings (SSSR count). The summed E-state index contributed by atoms with van der Waals surface area (Å²) in [5, 5.41) is 10.6. The van der Waals surface area contributed by atoms with E-state index >= 15 is 0 Å². The van der Waals surface area contributed by atoms with Crippen molar-refractivity contribution in [2.75, 3.05) is 0 Å². The van der Waals surface area contributed by atoms with E-state index in [1.807, 2.05) is 0 Å². The summed E-state index contributed by atoms with van der Waals surface area (Å²) in [5.74, 6) is -1.23. The molecule has 0 N–H and O–H groups in total. The van der Waals surface area contributed by atoms with Crippen LogP contribution in [-0.4, -0.2) is 5.97 Å². The van der Waals surface area contributed by atoms with Crippen LogP contribution in [0.2, 0.25) is 5.02 Å². The average molecular weight is 182 g/mol. The first-order chi connectivity index (χ1) is 5.70. The lowest BCUT2D eigenvalue weighted by atomic mass is 10.2. The van der Waals surface area contributed by atoms with Crippen molar-refractivity contribution in [3.8, 4) is 0 Å². The highest BCUT2D eigenvalue weighted by atomic mass is 35.5. The summed E-state index contributed by atoms with van der Waals surface area (Å²) in [6.07, 6.45) is 2.35. The van der Waals surface area contributed by atoms with Crippen LogP contribution in [0, 0.1) is 0 Å². The van der Waals surface area contributed by atoms with Crippen LogP contribution in [0.4, 0.5) is 0 Å². The first-order valence-electron chi connectivity index (χ1n) is 3.34. The third kappa shape index (κ3) is 2.40. The number of hydrogen-bond acceptors (Lipinski definition) is 2. The zero-order chi connectivity index (χ0) is 8.97. The molecule has 0 aliphatic rings. The van der Waals surface area contributed by atoms with Gasteiger partial charge in [0, 0.05) is 5.02 Å². The van der Waals surface area contributed by atoms with Crippen LogP contribution in [-0.2, 0) is 4.79 Å². The molecule has 0 amide bonds. The molecule has 0 bridgehead atoms. The van der Waals surface area contributed by atoms with E-state index in [0.717, 1.165) is 6.08 Å². The lowest BCUT2D eigenvalue weighted by Gasteiger charge is -1.96. The minimum absolute atomic E-state index is 0.523. The van der Waals surface area contributed by atoms with E-state index in [9.17, 15) is 9.90 Å². The van der Waals surface area contributed by atoms with Crippen molar-refractivity contribution >= 4 is 23.6 Å². The molecule has 0 spiro atoms. The second-order valence-electron chi connectivity index (χ2n) is 2.17. The standard InChI is InChI=1S/C9H7ClO2/c10-8-4-2-1-3-7(8)5-6-9(11)12/h1-6H,(H,11,12)/p-1. The highest BCUT2D eigenvalue weighted by Gasteiger charge is 1.91. The number of aliphatic carboxylic acids is 1. The van der Waals surface area contributed by atoms with Gasteiger partial charge in [-0.2, -0.15) is 0 Å². The first-order valence-corrected chi connectivity index (χ1v) is 3.71. The molecule has 0 aliphatic heterocycles. The van der Waals surface area contributed by atoms with Gasteiger partial charge in [-0.15, -0.1) is 0 Å². The van der Waals surface area contributed by atoms with Gasteiger partial charge in [-0.1, -0.05) is 35.9 Å². The van der Waals surface area contributed by atoms with Gasteiger partial charge < -0.3 is 9.90 Å². The van der Waals surface area contributed by atoms with Crippen LogP contribution in [0.15, 0.2) is 30.3 Å². The number of carboxylic acid groups (broad SMARTS) is 1. The van der Waals surface area contributed by atoms with Gasteiger partial charge in [-0.05, 0) is 17.7 Å². The number of halogens is 1. The molecule has 0 saturated carbocycles. The van der Waals surface area contributed by atoms with Gasteiger partial charge in [0.15, 0.2) is 0 Å². The van der Waals surface area contributed by atoms with Crippen LogP contribution < -0.4 is 5.11 Å². The molecule has 2 nitrogen and oxygen atoms in total. The summed E-state index contributed by atoms with van der Waals surface area (Å²) in [7, 11) is 0. The number of rotatable bonds is 2. The third-order valence-corrected chi connectivity index (χ3v) is 1.65. The molecular formula is C9H6ClO2-. The van der Waals surface area contributed by atoms with Crippen molar-refractivity contribution in [2.45, 2.75) is 0 Å². The quantitative estimate of drug-likeness (QED) is 0.642. The molecule has 3 heteroatoms. The molecule has 62 valence electrons. The summed E-state index contributed by atoms with van der Waals surface area (Å²) in [4.78, 5) is 10.0. The summed E-state index contributed by atoms with van der Waals surface area (Å²) < 4.78 is 0. The Hall–Kier alpha value is -1.28. The van der Waals surface area contributed by atoms with Crippen molar-refractivity contribution in [3.63, 3.8) is 0 Å². The van der Waals surface area contributed by atoms with E-state index in [1.165, 1.54) is 6.08 Å². The Morgan fingerprint density at radius 2 is 2.08 bits per heavy atom. The highest BCUT2D eigenvalue weighted by Crippen LogP contribution is 2.15. The number of hydrogen-bond donors (Lipinski definition) is 0. The fourth-order valence-electron chi connectivity index (χ4n) is 0.768. The van der Waals surface area contributed by atoms with Gasteiger partial charge in [0.2, 0.25) is 0 Å². The monoisotopic (exact) mass is 181 g/mol. The molecule has 0 fully saturated rings. The van der Waals surface area contributed by atoms with Crippen LogP contribution in [0.3, 0.4) is 0 Å². The average Bonchev–Trinajstić information content (AvgIpc) is 2.03. The smallest absolute Gasteiger partial charge is 0.0643 e. The van der Waals surface area contributed by atoms with E-state index in [0.29, 0.717) is 10.6 Å². The van der Waals surface area contributed by atoms with Gasteiger partial charge >= 0.3 is 0 Å². The van der Waals surface area contributed by atoms with E-state index in [2.05, 4.69) is 0 Å². The number of carbonyl (C=O) groups excluding carboxylic acids is 1. The Morgan fingerprint density at radius 1 is 1.42 bits per heavy atom. The summed E-state index contributed by atoms with van der Waals surface area (Å²) >= 11 is 5.74. The van der Waals surface area contributed by atoms with E-state index in [4.69, 9.17) is 11.6 Å². The maximum atomic E-state index is 10.0. The molecule has 1 aromatic carbocycles. The van der Waals surface area contributed by atoms with Crippen LogP contribution in [0.1, 0.15) is 5.56 Å². The second-order valence-corrected chi connectivity index (χ2v) is 2.58. The largest absolute Gasteiger partial charge is 0.545 e. The maximum Gasteiger partial charge on any atom is 0.0643 e. The summed E-state index contributed by atoms with van der Waals surface area (Å²) in [5.41, 5.74) is 0.670. The van der Waals surface area contributed by atoms with Gasteiger partial charge in [-0.3, -0.25) is 0 Å². The lowest BCUT2D eigenvalue weighted by molar-refractivity contribution is -0.297. The minimum Gasteiger partial charge on any atom is -0.545 e. The Bertz CT molecular complexity index is 318. The molecule has 0 aromatic heterocycles. The zero-order valence-electron chi connectivity index (χ0n) is 6.16. The van der Waals surface area contributed by atoms with Crippen molar-refractivity contribution in [1.82, 2.24) is 0 Å². The Kier molecular flexibility index (Phi) is 2.88. The number of benzene rings is 1. The van der Waals surface area contributed by atoms with Gasteiger partial charge in [-0.25, -0.2) is 0 Å². The lowest BCUT2D eigenvalue weighted by Crippen LogP contribution is -2.18. The molecule has 0 atom stereocenters. The molecule has 0 saturated heterocycles. The second kappa shape index (κ2) is 3.93. The predicted octanol–water partition coefficient (Wildman–Crippen LogP) is 1.10. The molecule has 1 aromatic rings. The normalized spacial score (nSPS) is 10.4. The molecular weight excluding hydrogens is 176 g/mol. The zero-order valence-corrected chi connectivity index (χ0v) is 6.91. The van der Waals surface area contributed by atoms with E-state index in [1.54, 1.807) is 24.3 Å². The van der Waals surface area contributed by atoms with E-state index < -0.39 is 5.97 Å². The van der Waals surface area contributed by atoms with Gasteiger partial charge in [0.05, 0.1) is 5.97 Å². The number of carbonyl (C=O) groups is 1. The van der Waals surface area contributed by atoms with E-state index in [-0.39, 0.29) is 0 Å². The van der Waals surface area contributed by atoms with Crippen molar-refractivity contribution in [3.05, 3.63) is 40.9 Å². The Labute approximate surface area is 75.1 Å². The van der Waals surface area contributed by atoms with Crippen molar-refractivity contribution in [1.29, 1.82) is 0 Å². The number of carboxylic acids is 1. The Morgan fingerprint density at radius 3 is 2.67 bits per heavy atom. The van der Waals surface area contributed by atoms with Crippen LogP contribution in [0.25, 0.3) is 6.08 Å². The van der Waals surface area contributed by atoms with Gasteiger partial charge in [0.1, 0.15) is 0 Å². The molecule has 0 heterocycles. The third-order valence-electron chi connectivity index (χ3n) is 1.30. The minimum atomic E-state index is -1.23. The van der Waals surface area contributed by atoms with Crippen LogP contribution >= 0.6 is 11.6 Å². The molecule has 0 radical (unpaired) electrons. The van der Waals surface area contributed by atoms with Crippen molar-refractivity contribution in [2.24, 2.45) is 0 Å². The maximum absolute atomic E-state index is 10.0. The highest BCUT2D eigenvalue weighted by molar-refractivity contribution is 6.32. The topological polar surface area (TPSA) is 40.1 Å². The molecule has 0 unspecified atom stereocenters. The Balaban J connectivity index is 2.89. The fourth-order valence-corrected chi connectivity index (χ4v) is 0.967. The predicted molar refractivity (Wildman–Crippen MR) is 45.5 cm³/mol. The molecule has 0 aliphatic carbocycles. The van der Waals surface area contributed by atoms with Gasteiger partial charge in [0.25, 0.3) is 0 Å². The summed E-state index contributed by atoms with van der Waals surface area (Å²) in [6, 6.07) is 6.97. The molecule has 12 heavy (non-hydrogen) atoms. The fraction of sp³-hybridized carbons (Fsp3) is 0. The summed E-state index contributed by atoms with van der Waals surface area (Å²) in [6.45, 7) is 0. The van der Waals surface area contributed by atoms with Crippen molar-refractivity contribution < 1.29 is 9.90 Å².